The van der Waals surface area contributed by atoms with Gasteiger partial charge in [-0.05, 0) is 23.8 Å². The van der Waals surface area contributed by atoms with Gasteiger partial charge in [0.1, 0.15) is 17.7 Å². The first-order valence-electron chi connectivity index (χ1n) is 5.03. The number of nitrogens with one attached hydrogen (secondary N) is 1. The zero-order valence-electron chi connectivity index (χ0n) is 9.14. The summed E-state index contributed by atoms with van der Waals surface area (Å²) in [6, 6.07) is 13.0. The molecule has 0 radical (unpaired) electrons. The van der Waals surface area contributed by atoms with Crippen molar-refractivity contribution in [2.45, 2.75) is 6.42 Å². The third kappa shape index (κ3) is 4.08. The standard InChI is InChI=1S/C13H10N4/c14-6-1-7-17-13-4-2-11(3-5-13)8-12(9-15)10-16/h2-5,8,17H,1,7H2. The molecule has 0 aliphatic heterocycles. The normalized spacial score (nSPS) is 8.29. The fourth-order valence-corrected chi connectivity index (χ4v) is 1.22. The third-order valence-corrected chi connectivity index (χ3v) is 2.03. The van der Waals surface area contributed by atoms with Gasteiger partial charge in [-0.3, -0.25) is 0 Å². The molecule has 0 fully saturated rings. The lowest BCUT2D eigenvalue weighted by atomic mass is 10.1. The number of anilines is 1. The van der Waals surface area contributed by atoms with Crippen LogP contribution in [0.25, 0.3) is 6.08 Å². The number of hydrogen-bond donors (Lipinski definition) is 1. The van der Waals surface area contributed by atoms with Crippen LogP contribution in [0.3, 0.4) is 0 Å². The van der Waals surface area contributed by atoms with E-state index < -0.39 is 0 Å². The molecule has 0 saturated heterocycles. The lowest BCUT2D eigenvalue weighted by Crippen LogP contribution is -1.99. The summed E-state index contributed by atoms with van der Waals surface area (Å²) in [7, 11) is 0. The number of rotatable bonds is 4. The molecule has 0 atom stereocenters. The monoisotopic (exact) mass is 222 g/mol. The molecule has 1 aromatic rings. The maximum Gasteiger partial charge on any atom is 0.130 e. The molecule has 0 unspecified atom stereocenters. The van der Waals surface area contributed by atoms with Gasteiger partial charge in [0.25, 0.3) is 0 Å². The van der Waals surface area contributed by atoms with Gasteiger partial charge in [-0.25, -0.2) is 0 Å². The van der Waals surface area contributed by atoms with Gasteiger partial charge in [-0.2, -0.15) is 15.8 Å². The molecule has 0 aliphatic rings. The van der Waals surface area contributed by atoms with Gasteiger partial charge in [-0.1, -0.05) is 12.1 Å². The molecule has 82 valence electrons. The van der Waals surface area contributed by atoms with Crippen LogP contribution in [0, 0.1) is 34.0 Å². The molecule has 0 amide bonds. The minimum absolute atomic E-state index is 0.0789. The van der Waals surface area contributed by atoms with Crippen molar-refractivity contribution in [1.82, 2.24) is 0 Å². The van der Waals surface area contributed by atoms with E-state index in [4.69, 9.17) is 15.8 Å². The highest BCUT2D eigenvalue weighted by Gasteiger charge is 1.95. The SMILES string of the molecule is N#CCCNc1ccc(C=C(C#N)C#N)cc1. The van der Waals surface area contributed by atoms with E-state index in [9.17, 15) is 0 Å². The van der Waals surface area contributed by atoms with Crippen LogP contribution in [0.4, 0.5) is 5.69 Å². The number of allylic oxidation sites excluding steroid dienone is 1. The van der Waals surface area contributed by atoms with E-state index in [2.05, 4.69) is 5.32 Å². The summed E-state index contributed by atoms with van der Waals surface area (Å²) in [5, 5.41) is 28.7. The first-order valence-corrected chi connectivity index (χ1v) is 5.03. The van der Waals surface area contributed by atoms with Crippen molar-refractivity contribution in [2.24, 2.45) is 0 Å². The molecular weight excluding hydrogens is 212 g/mol. The van der Waals surface area contributed by atoms with Crippen LogP contribution in [-0.4, -0.2) is 6.54 Å². The van der Waals surface area contributed by atoms with Crippen LogP contribution in [0.5, 0.6) is 0 Å². The second-order valence-electron chi connectivity index (χ2n) is 3.24. The fraction of sp³-hybridized carbons (Fsp3) is 0.154. The minimum atomic E-state index is 0.0789. The van der Waals surface area contributed by atoms with Gasteiger partial charge in [0.15, 0.2) is 0 Å². The number of nitriles is 3. The Morgan fingerprint density at radius 1 is 1.12 bits per heavy atom. The van der Waals surface area contributed by atoms with Crippen LogP contribution in [0.1, 0.15) is 12.0 Å². The summed E-state index contributed by atoms with van der Waals surface area (Å²) in [6.07, 6.45) is 1.98. The van der Waals surface area contributed by atoms with Gasteiger partial charge in [0.05, 0.1) is 12.5 Å². The van der Waals surface area contributed by atoms with Crippen molar-refractivity contribution in [2.75, 3.05) is 11.9 Å². The smallest absolute Gasteiger partial charge is 0.130 e. The maximum atomic E-state index is 8.60. The molecule has 0 bridgehead atoms. The van der Waals surface area contributed by atoms with Crippen LogP contribution in [0.2, 0.25) is 0 Å². The summed E-state index contributed by atoms with van der Waals surface area (Å²) in [5.74, 6) is 0. The fourth-order valence-electron chi connectivity index (χ4n) is 1.22. The first-order chi connectivity index (χ1) is 8.30. The molecule has 1 N–H and O–H groups in total. The van der Waals surface area contributed by atoms with E-state index in [1.807, 2.05) is 30.3 Å². The van der Waals surface area contributed by atoms with Crippen molar-refractivity contribution < 1.29 is 0 Å². The molecule has 1 rings (SSSR count). The zero-order valence-corrected chi connectivity index (χ0v) is 9.14. The highest BCUT2D eigenvalue weighted by atomic mass is 14.9. The summed E-state index contributed by atoms with van der Waals surface area (Å²) >= 11 is 0. The average Bonchev–Trinajstić information content (AvgIpc) is 2.38. The molecule has 0 heterocycles. The molecule has 17 heavy (non-hydrogen) atoms. The van der Waals surface area contributed by atoms with Crippen LogP contribution < -0.4 is 5.32 Å². The zero-order chi connectivity index (χ0) is 12.5. The predicted molar refractivity (Wildman–Crippen MR) is 64.4 cm³/mol. The van der Waals surface area contributed by atoms with Crippen molar-refractivity contribution >= 4 is 11.8 Å². The first kappa shape index (κ1) is 12.3. The number of nitrogens with zero attached hydrogens (tertiary/aromatic N) is 3. The van der Waals surface area contributed by atoms with Crippen LogP contribution in [-0.2, 0) is 0 Å². The van der Waals surface area contributed by atoms with Gasteiger partial charge in [0.2, 0.25) is 0 Å². The Hall–Kier alpha value is -2.77. The molecule has 4 nitrogen and oxygen atoms in total. The second-order valence-corrected chi connectivity index (χ2v) is 3.24. The van der Waals surface area contributed by atoms with E-state index in [0.29, 0.717) is 13.0 Å². The third-order valence-electron chi connectivity index (χ3n) is 2.03. The lowest BCUT2D eigenvalue weighted by molar-refractivity contribution is 1.08. The van der Waals surface area contributed by atoms with Gasteiger partial charge < -0.3 is 5.32 Å². The van der Waals surface area contributed by atoms with E-state index >= 15 is 0 Å². The van der Waals surface area contributed by atoms with Gasteiger partial charge in [0, 0.05) is 12.2 Å². The van der Waals surface area contributed by atoms with E-state index in [-0.39, 0.29) is 5.57 Å². The largest absolute Gasteiger partial charge is 0.384 e. The Labute approximate surface area is 100 Å². The second kappa shape index (κ2) is 6.67. The molecule has 4 heteroatoms. The molecule has 1 aromatic carbocycles. The van der Waals surface area contributed by atoms with Gasteiger partial charge in [-0.15, -0.1) is 0 Å². The summed E-state index contributed by atoms with van der Waals surface area (Å²) in [6.45, 7) is 0.604. The Kier molecular flexibility index (Phi) is 4.82. The summed E-state index contributed by atoms with van der Waals surface area (Å²) in [5.41, 5.74) is 1.79. The quantitative estimate of drug-likeness (QED) is 0.626. The summed E-state index contributed by atoms with van der Waals surface area (Å²) < 4.78 is 0. The van der Waals surface area contributed by atoms with Crippen LogP contribution >= 0.6 is 0 Å². The highest BCUT2D eigenvalue weighted by molar-refractivity contribution is 5.63. The Bertz CT molecular complexity index is 505. The van der Waals surface area contributed by atoms with Crippen molar-refractivity contribution in [3.63, 3.8) is 0 Å². The topological polar surface area (TPSA) is 83.4 Å². The Balaban J connectivity index is 2.70. The van der Waals surface area contributed by atoms with E-state index in [0.717, 1.165) is 11.3 Å². The number of hydrogen-bond acceptors (Lipinski definition) is 4. The molecule has 0 spiro atoms. The van der Waals surface area contributed by atoms with Crippen molar-refractivity contribution in [1.29, 1.82) is 15.8 Å². The van der Waals surface area contributed by atoms with E-state index in [1.54, 1.807) is 12.1 Å². The summed E-state index contributed by atoms with van der Waals surface area (Å²) in [4.78, 5) is 0. The predicted octanol–water partition coefficient (Wildman–Crippen LogP) is 2.44. The van der Waals surface area contributed by atoms with Gasteiger partial charge >= 0.3 is 0 Å². The molecule has 0 aromatic heterocycles. The molecule has 0 aliphatic carbocycles. The molecule has 0 saturated carbocycles. The van der Waals surface area contributed by atoms with E-state index in [1.165, 1.54) is 6.08 Å². The number of benzene rings is 1. The van der Waals surface area contributed by atoms with Crippen molar-refractivity contribution in [3.8, 4) is 18.2 Å². The lowest BCUT2D eigenvalue weighted by Gasteiger charge is -2.03. The average molecular weight is 222 g/mol. The Morgan fingerprint density at radius 2 is 1.76 bits per heavy atom. The Morgan fingerprint density at radius 3 is 2.29 bits per heavy atom. The minimum Gasteiger partial charge on any atom is -0.384 e. The van der Waals surface area contributed by atoms with Crippen LogP contribution in [0.15, 0.2) is 29.8 Å². The molecular formula is C13H10N4. The highest BCUT2D eigenvalue weighted by Crippen LogP contribution is 2.12. The van der Waals surface area contributed by atoms with Crippen molar-refractivity contribution in [3.05, 3.63) is 35.4 Å². The maximum absolute atomic E-state index is 8.60.